The van der Waals surface area contributed by atoms with Crippen LogP contribution in [-0.4, -0.2) is 13.4 Å². The third-order valence-corrected chi connectivity index (χ3v) is 4.76. The molecule has 4 nitrogen and oxygen atoms in total. The number of rotatable bonds is 2. The summed E-state index contributed by atoms with van der Waals surface area (Å²) in [6.45, 7) is 0. The Hall–Kier alpha value is 0.380. The van der Waals surface area contributed by atoms with Gasteiger partial charge in [0.15, 0.2) is 0 Å². The van der Waals surface area contributed by atoms with Gasteiger partial charge in [0.1, 0.15) is 14.3 Å². The van der Waals surface area contributed by atoms with Gasteiger partial charge in [-0.3, -0.25) is 0 Å². The van der Waals surface area contributed by atoms with E-state index in [2.05, 4.69) is 4.98 Å². The lowest BCUT2D eigenvalue weighted by Crippen LogP contribution is -2.17. The highest BCUT2D eigenvalue weighted by molar-refractivity contribution is 14.1. The number of sulfonamides is 1. The molecule has 0 radical (unpaired) electrons. The van der Waals surface area contributed by atoms with E-state index < -0.39 is 22.1 Å². The number of alkyl halides is 2. The lowest BCUT2D eigenvalue weighted by atomic mass is 10.4. The summed E-state index contributed by atoms with van der Waals surface area (Å²) in [5.41, 5.74) is -0.462. The van der Waals surface area contributed by atoms with Crippen molar-refractivity contribution < 1.29 is 17.2 Å². The number of hydrogen-bond acceptors (Lipinski definition) is 3. The average molecular weight is 460 g/mol. The van der Waals surface area contributed by atoms with Crippen molar-refractivity contribution in [3.8, 4) is 0 Å². The molecule has 0 saturated heterocycles. The van der Waals surface area contributed by atoms with Crippen molar-refractivity contribution in [3.05, 3.63) is 19.0 Å². The summed E-state index contributed by atoms with van der Waals surface area (Å²) in [7, 11) is -3.93. The Kier molecular flexibility index (Phi) is 4.22. The van der Waals surface area contributed by atoms with Crippen molar-refractivity contribution in [2.24, 2.45) is 5.14 Å². The van der Waals surface area contributed by atoms with Gasteiger partial charge in [0.2, 0.25) is 10.0 Å². The highest BCUT2D eigenvalue weighted by Crippen LogP contribution is 2.26. The van der Waals surface area contributed by atoms with Gasteiger partial charge in [0, 0.05) is 3.57 Å². The number of hydrogen-bond donors (Lipinski definition) is 1. The van der Waals surface area contributed by atoms with Crippen molar-refractivity contribution in [3.63, 3.8) is 0 Å². The maximum Gasteiger partial charge on any atom is 0.280 e. The monoisotopic (exact) mass is 460 g/mol. The van der Waals surface area contributed by atoms with Gasteiger partial charge in [-0.15, -0.1) is 0 Å². The summed E-state index contributed by atoms with van der Waals surface area (Å²) < 4.78 is 46.9. The highest BCUT2D eigenvalue weighted by Gasteiger charge is 2.21. The molecule has 0 aliphatic heterocycles. The van der Waals surface area contributed by atoms with Crippen molar-refractivity contribution in [1.29, 1.82) is 0 Å². The van der Waals surface area contributed by atoms with Gasteiger partial charge in [-0.1, -0.05) is 0 Å². The predicted molar refractivity (Wildman–Crippen MR) is 66.0 cm³/mol. The molecule has 0 unspecified atom stereocenters. The van der Waals surface area contributed by atoms with Crippen LogP contribution in [-0.2, 0) is 10.0 Å². The maximum absolute atomic E-state index is 12.3. The molecular weight excluding hydrogens is 456 g/mol. The third kappa shape index (κ3) is 3.17. The molecule has 0 spiro atoms. The van der Waals surface area contributed by atoms with Gasteiger partial charge in [-0.2, -0.15) is 0 Å². The molecule has 1 rings (SSSR count). The second-order valence-corrected chi connectivity index (χ2v) is 6.18. The normalized spacial score (nSPS) is 12.1. The first-order valence-electron chi connectivity index (χ1n) is 3.40. The Balaban J connectivity index is 3.48. The van der Waals surface area contributed by atoms with Crippen molar-refractivity contribution in [2.45, 2.75) is 11.3 Å². The molecule has 1 aromatic heterocycles. The van der Waals surface area contributed by atoms with Crippen molar-refractivity contribution >= 4 is 55.2 Å². The molecule has 9 heteroatoms. The van der Waals surface area contributed by atoms with E-state index in [1.165, 1.54) is 0 Å². The molecule has 0 amide bonds. The topological polar surface area (TPSA) is 73.1 Å². The molecule has 0 bridgehead atoms. The zero-order valence-corrected chi connectivity index (χ0v) is 12.0. The van der Waals surface area contributed by atoms with Gasteiger partial charge in [-0.25, -0.2) is 27.3 Å². The Bertz CT molecular complexity index is 469. The second kappa shape index (κ2) is 4.71. The van der Waals surface area contributed by atoms with E-state index in [9.17, 15) is 17.2 Å². The van der Waals surface area contributed by atoms with Crippen LogP contribution in [0.5, 0.6) is 0 Å². The largest absolute Gasteiger partial charge is 0.280 e. The highest BCUT2D eigenvalue weighted by atomic mass is 127. The molecule has 0 fully saturated rings. The van der Waals surface area contributed by atoms with E-state index in [4.69, 9.17) is 5.14 Å². The maximum atomic E-state index is 12.3. The Morgan fingerprint density at radius 1 is 1.40 bits per heavy atom. The van der Waals surface area contributed by atoms with Crippen molar-refractivity contribution in [1.82, 2.24) is 4.98 Å². The lowest BCUT2D eigenvalue weighted by molar-refractivity contribution is 0.145. The van der Waals surface area contributed by atoms with Gasteiger partial charge in [0.25, 0.3) is 6.43 Å². The van der Waals surface area contributed by atoms with E-state index in [1.807, 2.05) is 0 Å². The number of pyridine rings is 1. The summed E-state index contributed by atoms with van der Waals surface area (Å²) in [6, 6.07) is 1.01. The third-order valence-electron chi connectivity index (χ3n) is 1.41. The van der Waals surface area contributed by atoms with Gasteiger partial charge >= 0.3 is 0 Å². The first-order chi connectivity index (χ1) is 6.73. The van der Waals surface area contributed by atoms with Crippen LogP contribution < -0.4 is 5.14 Å². The molecular formula is C6H4F2I2N2O2S. The quantitative estimate of drug-likeness (QED) is 0.542. The fourth-order valence-electron chi connectivity index (χ4n) is 0.855. The number of nitrogens with zero attached hydrogens (tertiary/aromatic N) is 1. The van der Waals surface area contributed by atoms with Crippen LogP contribution in [0, 0.1) is 7.27 Å². The zero-order chi connectivity index (χ0) is 11.8. The lowest BCUT2D eigenvalue weighted by Gasteiger charge is -2.06. The predicted octanol–water partition coefficient (Wildman–Crippen LogP) is 1.88. The molecule has 1 aromatic rings. The molecule has 15 heavy (non-hydrogen) atoms. The molecule has 84 valence electrons. The van der Waals surface area contributed by atoms with E-state index in [-0.39, 0.29) is 12.2 Å². The molecule has 0 aliphatic carbocycles. The smallest absolute Gasteiger partial charge is 0.239 e. The summed E-state index contributed by atoms with van der Waals surface area (Å²) in [6.07, 6.45) is -2.73. The zero-order valence-electron chi connectivity index (χ0n) is 6.92. The number of halogens is 4. The Morgan fingerprint density at radius 2 is 1.93 bits per heavy atom. The number of aromatic nitrogens is 1. The SMILES string of the molecule is NS(=O)(=O)c1c(I)cc(C(F)F)nc1I. The second-order valence-electron chi connectivity index (χ2n) is 2.49. The number of primary sulfonamides is 1. The van der Waals surface area contributed by atoms with Crippen LogP contribution >= 0.6 is 45.2 Å². The average Bonchev–Trinajstić information content (AvgIpc) is 1.99. The minimum Gasteiger partial charge on any atom is -0.239 e. The molecule has 0 atom stereocenters. The number of nitrogens with two attached hydrogens (primary N) is 1. The molecule has 1 heterocycles. The van der Waals surface area contributed by atoms with E-state index >= 15 is 0 Å². The molecule has 2 N–H and O–H groups in total. The first-order valence-corrected chi connectivity index (χ1v) is 7.10. The minimum absolute atomic E-state index is 0.0442. The molecule has 0 saturated carbocycles. The Labute approximate surface area is 112 Å². The molecule has 0 aromatic carbocycles. The van der Waals surface area contributed by atoms with Crippen LogP contribution in [0.4, 0.5) is 8.78 Å². The minimum atomic E-state index is -3.93. The fraction of sp³-hybridized carbons (Fsp3) is 0.167. The summed E-state index contributed by atoms with van der Waals surface area (Å²) in [5.74, 6) is 0. The fourth-order valence-corrected chi connectivity index (χ4v) is 4.97. The van der Waals surface area contributed by atoms with Gasteiger partial charge in [0.05, 0.1) is 0 Å². The van der Waals surface area contributed by atoms with E-state index in [1.54, 1.807) is 45.2 Å². The van der Waals surface area contributed by atoms with Gasteiger partial charge < -0.3 is 0 Å². The summed E-state index contributed by atoms with van der Waals surface area (Å²) in [5, 5.41) is 4.92. The van der Waals surface area contributed by atoms with Gasteiger partial charge in [-0.05, 0) is 51.2 Å². The Morgan fingerprint density at radius 3 is 2.27 bits per heavy atom. The standard InChI is InChI=1S/C6H4F2I2N2O2S/c7-5(8)3-1-2(9)4(6(10)12-3)15(11,13)14/h1,5H,(H2,11,13,14). The van der Waals surface area contributed by atoms with E-state index in [0.29, 0.717) is 0 Å². The molecule has 0 aliphatic rings. The summed E-state index contributed by atoms with van der Waals surface area (Å²) >= 11 is 3.19. The van der Waals surface area contributed by atoms with Crippen LogP contribution in [0.15, 0.2) is 11.0 Å². The van der Waals surface area contributed by atoms with Crippen LogP contribution in [0.25, 0.3) is 0 Å². The van der Waals surface area contributed by atoms with E-state index in [0.717, 1.165) is 6.07 Å². The van der Waals surface area contributed by atoms with Crippen LogP contribution in [0.2, 0.25) is 0 Å². The first kappa shape index (κ1) is 13.4. The van der Waals surface area contributed by atoms with Crippen LogP contribution in [0.1, 0.15) is 12.1 Å². The van der Waals surface area contributed by atoms with Crippen LogP contribution in [0.3, 0.4) is 0 Å². The summed E-state index contributed by atoms with van der Waals surface area (Å²) in [4.78, 5) is 3.26. The van der Waals surface area contributed by atoms with Crippen molar-refractivity contribution in [2.75, 3.05) is 0 Å².